The van der Waals surface area contributed by atoms with Gasteiger partial charge in [-0.05, 0) is 51.2 Å². The number of sulfonamides is 1. The second-order valence-corrected chi connectivity index (χ2v) is 9.50. The van der Waals surface area contributed by atoms with E-state index in [1.54, 1.807) is 39.0 Å². The summed E-state index contributed by atoms with van der Waals surface area (Å²) < 4.78 is 32.9. The van der Waals surface area contributed by atoms with E-state index in [0.29, 0.717) is 23.4 Å². The quantitative estimate of drug-likeness (QED) is 0.757. The normalized spacial score (nSPS) is 16.8. The molecular formula is C16H22N4O4S2. The zero-order valence-corrected chi connectivity index (χ0v) is 16.5. The molecule has 1 fully saturated rings. The van der Waals surface area contributed by atoms with E-state index < -0.39 is 21.7 Å². The van der Waals surface area contributed by atoms with Gasteiger partial charge in [0, 0.05) is 26.2 Å². The number of rotatable bonds is 2. The third kappa shape index (κ3) is 3.92. The highest BCUT2D eigenvalue weighted by atomic mass is 32.2. The van der Waals surface area contributed by atoms with Gasteiger partial charge in [0.15, 0.2) is 4.77 Å². The summed E-state index contributed by atoms with van der Waals surface area (Å²) in [6.45, 7) is 6.44. The molecule has 0 unspecified atom stereocenters. The molecule has 1 amide bonds. The fraction of sp³-hybridized carbons (Fsp3) is 0.500. The SMILES string of the molecule is CC(C)(C)OC(=O)N1CCN(S(=O)(=O)c2ccc3[nH]c(=S)[nH]c3c2)CC1. The number of aromatic nitrogens is 2. The van der Waals surface area contributed by atoms with Crippen LogP contribution in [-0.4, -0.2) is 65.5 Å². The van der Waals surface area contributed by atoms with Gasteiger partial charge < -0.3 is 19.6 Å². The fourth-order valence-electron chi connectivity index (χ4n) is 2.76. The standard InChI is InChI=1S/C16H22N4O4S2/c1-16(2,3)24-15(21)19-6-8-20(9-7-19)26(22,23)11-4-5-12-13(10-11)18-14(25)17-12/h4-5,10H,6-9H2,1-3H3,(H2,17,18,25). The zero-order chi connectivity index (χ0) is 19.1. The summed E-state index contributed by atoms with van der Waals surface area (Å²) in [4.78, 5) is 19.7. The van der Waals surface area contributed by atoms with Crippen molar-refractivity contribution in [2.75, 3.05) is 26.2 Å². The summed E-state index contributed by atoms with van der Waals surface area (Å²) in [5.41, 5.74) is 0.818. The van der Waals surface area contributed by atoms with Gasteiger partial charge in [0.25, 0.3) is 0 Å². The number of fused-ring (bicyclic) bond motifs is 1. The molecular weight excluding hydrogens is 376 g/mol. The maximum atomic E-state index is 12.9. The Hall–Kier alpha value is -1.91. The fourth-order valence-corrected chi connectivity index (χ4v) is 4.43. The van der Waals surface area contributed by atoms with E-state index in [4.69, 9.17) is 17.0 Å². The monoisotopic (exact) mass is 398 g/mol. The number of benzene rings is 1. The van der Waals surface area contributed by atoms with E-state index in [-0.39, 0.29) is 18.0 Å². The van der Waals surface area contributed by atoms with Gasteiger partial charge in [-0.15, -0.1) is 0 Å². The van der Waals surface area contributed by atoms with Crippen LogP contribution in [0.5, 0.6) is 0 Å². The number of ether oxygens (including phenoxy) is 1. The second-order valence-electron chi connectivity index (χ2n) is 7.16. The molecule has 0 saturated carbocycles. The van der Waals surface area contributed by atoms with Gasteiger partial charge >= 0.3 is 6.09 Å². The predicted molar refractivity (Wildman–Crippen MR) is 100 cm³/mol. The molecule has 0 atom stereocenters. The number of imidazole rings is 1. The third-order valence-corrected chi connectivity index (χ3v) is 6.11. The summed E-state index contributed by atoms with van der Waals surface area (Å²) in [6.07, 6.45) is -0.420. The predicted octanol–water partition coefficient (Wildman–Crippen LogP) is 2.47. The van der Waals surface area contributed by atoms with Crippen LogP contribution < -0.4 is 0 Å². The number of hydrogen-bond acceptors (Lipinski definition) is 5. The van der Waals surface area contributed by atoms with Crippen molar-refractivity contribution < 1.29 is 17.9 Å². The first-order valence-corrected chi connectivity index (χ1v) is 10.1. The largest absolute Gasteiger partial charge is 0.444 e. The van der Waals surface area contributed by atoms with Crippen LogP contribution in [0.2, 0.25) is 0 Å². The highest BCUT2D eigenvalue weighted by Gasteiger charge is 2.32. The van der Waals surface area contributed by atoms with Crippen molar-refractivity contribution >= 4 is 39.4 Å². The number of hydrogen-bond donors (Lipinski definition) is 2. The number of piperazine rings is 1. The molecule has 1 aromatic carbocycles. The summed E-state index contributed by atoms with van der Waals surface area (Å²) in [5.74, 6) is 0. The molecule has 142 valence electrons. The summed E-state index contributed by atoms with van der Waals surface area (Å²) in [7, 11) is -3.64. The topological polar surface area (TPSA) is 98.5 Å². The molecule has 26 heavy (non-hydrogen) atoms. The molecule has 0 radical (unpaired) electrons. The van der Waals surface area contributed by atoms with Gasteiger partial charge in [0.05, 0.1) is 15.9 Å². The smallest absolute Gasteiger partial charge is 0.410 e. The van der Waals surface area contributed by atoms with Crippen LogP contribution in [0, 0.1) is 4.77 Å². The molecule has 2 N–H and O–H groups in total. The molecule has 0 aliphatic carbocycles. The highest BCUT2D eigenvalue weighted by Crippen LogP contribution is 2.22. The van der Waals surface area contributed by atoms with E-state index in [2.05, 4.69) is 9.97 Å². The van der Waals surface area contributed by atoms with Crippen molar-refractivity contribution in [2.45, 2.75) is 31.3 Å². The number of carbonyl (C=O) groups excluding carboxylic acids is 1. The van der Waals surface area contributed by atoms with Gasteiger partial charge in [-0.25, -0.2) is 13.2 Å². The molecule has 1 saturated heterocycles. The number of H-pyrrole nitrogens is 2. The van der Waals surface area contributed by atoms with E-state index in [0.717, 1.165) is 5.52 Å². The molecule has 0 spiro atoms. The van der Waals surface area contributed by atoms with Gasteiger partial charge in [0.2, 0.25) is 10.0 Å². The first kappa shape index (κ1) is 18.9. The van der Waals surface area contributed by atoms with E-state index in [1.807, 2.05) is 0 Å². The van der Waals surface area contributed by atoms with Crippen LogP contribution in [0.3, 0.4) is 0 Å². The molecule has 1 aliphatic rings. The first-order chi connectivity index (χ1) is 12.1. The molecule has 1 aliphatic heterocycles. The minimum Gasteiger partial charge on any atom is -0.444 e. The van der Waals surface area contributed by atoms with Gasteiger partial charge in [-0.2, -0.15) is 4.31 Å². The van der Waals surface area contributed by atoms with Crippen LogP contribution in [0.15, 0.2) is 23.1 Å². The van der Waals surface area contributed by atoms with E-state index >= 15 is 0 Å². The van der Waals surface area contributed by atoms with E-state index in [1.165, 1.54) is 9.21 Å². The van der Waals surface area contributed by atoms with Crippen molar-refractivity contribution in [2.24, 2.45) is 0 Å². The average Bonchev–Trinajstić information content (AvgIpc) is 2.92. The number of nitrogens with zero attached hydrogens (tertiary/aromatic N) is 2. The Kier molecular flexibility index (Phi) is 4.84. The number of nitrogens with one attached hydrogen (secondary N) is 2. The molecule has 3 rings (SSSR count). The Bertz CT molecular complexity index is 980. The van der Waals surface area contributed by atoms with Crippen molar-refractivity contribution in [1.82, 2.24) is 19.2 Å². The number of aromatic amines is 2. The summed E-state index contributed by atoms with van der Waals surface area (Å²) in [6, 6.07) is 4.81. The summed E-state index contributed by atoms with van der Waals surface area (Å²) >= 11 is 5.03. The lowest BCUT2D eigenvalue weighted by Crippen LogP contribution is -2.51. The average molecular weight is 399 g/mol. The number of carbonyl (C=O) groups is 1. The lowest BCUT2D eigenvalue weighted by atomic mass is 10.2. The Morgan fingerprint density at radius 2 is 1.73 bits per heavy atom. The Morgan fingerprint density at radius 1 is 1.12 bits per heavy atom. The van der Waals surface area contributed by atoms with Crippen molar-refractivity contribution in [1.29, 1.82) is 0 Å². The molecule has 2 aromatic rings. The van der Waals surface area contributed by atoms with Crippen molar-refractivity contribution in [3.8, 4) is 0 Å². The third-order valence-electron chi connectivity index (χ3n) is 4.02. The van der Waals surface area contributed by atoms with Gasteiger partial charge in [0.1, 0.15) is 5.60 Å². The molecule has 10 heteroatoms. The van der Waals surface area contributed by atoms with Crippen LogP contribution in [0.4, 0.5) is 4.79 Å². The lowest BCUT2D eigenvalue weighted by molar-refractivity contribution is 0.0192. The molecule has 2 heterocycles. The second kappa shape index (κ2) is 6.67. The Labute approximate surface area is 157 Å². The van der Waals surface area contributed by atoms with E-state index in [9.17, 15) is 13.2 Å². The highest BCUT2D eigenvalue weighted by molar-refractivity contribution is 7.89. The van der Waals surface area contributed by atoms with Crippen LogP contribution in [0.1, 0.15) is 20.8 Å². The van der Waals surface area contributed by atoms with Crippen molar-refractivity contribution in [3.63, 3.8) is 0 Å². The molecule has 0 bridgehead atoms. The maximum Gasteiger partial charge on any atom is 0.410 e. The Balaban J connectivity index is 1.73. The maximum absolute atomic E-state index is 12.9. The summed E-state index contributed by atoms with van der Waals surface area (Å²) in [5, 5.41) is 0. The first-order valence-electron chi connectivity index (χ1n) is 8.26. The van der Waals surface area contributed by atoms with Crippen LogP contribution in [0.25, 0.3) is 11.0 Å². The zero-order valence-electron chi connectivity index (χ0n) is 14.9. The van der Waals surface area contributed by atoms with Gasteiger partial charge in [-0.1, -0.05) is 0 Å². The minimum absolute atomic E-state index is 0.195. The molecule has 1 aromatic heterocycles. The minimum atomic E-state index is -3.64. The van der Waals surface area contributed by atoms with Crippen LogP contribution >= 0.6 is 12.2 Å². The number of amides is 1. The van der Waals surface area contributed by atoms with Crippen LogP contribution in [-0.2, 0) is 14.8 Å². The van der Waals surface area contributed by atoms with Crippen molar-refractivity contribution in [3.05, 3.63) is 23.0 Å². The lowest BCUT2D eigenvalue weighted by Gasteiger charge is -2.34. The Morgan fingerprint density at radius 3 is 2.35 bits per heavy atom. The molecule has 8 nitrogen and oxygen atoms in total. The van der Waals surface area contributed by atoms with Gasteiger partial charge in [-0.3, -0.25) is 0 Å².